The van der Waals surface area contributed by atoms with Gasteiger partial charge in [-0.15, -0.1) is 0 Å². The zero-order chi connectivity index (χ0) is 29.0. The van der Waals surface area contributed by atoms with Crippen molar-refractivity contribution in [3.63, 3.8) is 0 Å². The molecule has 0 unspecified atom stereocenters. The van der Waals surface area contributed by atoms with E-state index in [1.165, 1.54) is 24.3 Å². The molecule has 4 aromatic rings. The monoisotopic (exact) mass is 581 g/mol. The van der Waals surface area contributed by atoms with Gasteiger partial charge in [-0.25, -0.2) is 13.1 Å². The van der Waals surface area contributed by atoms with Gasteiger partial charge in [0.1, 0.15) is 5.75 Å². The summed E-state index contributed by atoms with van der Waals surface area (Å²) in [4.78, 5) is 37.8. The molecule has 4 rings (SSSR count). The van der Waals surface area contributed by atoms with Crippen LogP contribution in [0.4, 0.5) is 0 Å². The van der Waals surface area contributed by atoms with Crippen molar-refractivity contribution >= 4 is 50.1 Å². The lowest BCUT2D eigenvalue weighted by molar-refractivity contribution is -0.121. The number of amides is 2. The van der Waals surface area contributed by atoms with Crippen LogP contribution < -0.4 is 15.2 Å². The van der Waals surface area contributed by atoms with E-state index in [2.05, 4.69) is 0 Å². The molecule has 0 bridgehead atoms. The lowest BCUT2D eigenvalue weighted by Crippen LogP contribution is -2.34. The molecule has 0 radical (unpaired) electrons. The van der Waals surface area contributed by atoms with Gasteiger partial charge in [0, 0.05) is 17.3 Å². The molecule has 0 aliphatic rings. The van der Waals surface area contributed by atoms with Crippen LogP contribution in [0, 0.1) is 5.92 Å². The second-order valence-corrected chi connectivity index (χ2v) is 11.7. The van der Waals surface area contributed by atoms with Crippen molar-refractivity contribution in [1.82, 2.24) is 9.29 Å². The molecular formula is C29H28ClN3O6S. The molecule has 11 heteroatoms. The third-order valence-corrected chi connectivity index (χ3v) is 7.77. The van der Waals surface area contributed by atoms with Crippen molar-refractivity contribution < 1.29 is 27.5 Å². The number of Topliss-reactive ketones (excluding diaryl/α,β-unsaturated/α-hetero) is 1. The number of nitrogens with zero attached hydrogens (tertiary/aromatic N) is 1. The van der Waals surface area contributed by atoms with Gasteiger partial charge in [-0.1, -0.05) is 61.8 Å². The van der Waals surface area contributed by atoms with E-state index < -0.39 is 34.2 Å². The molecule has 1 aromatic heterocycles. The smallest absolute Gasteiger partial charge is 0.289 e. The maximum absolute atomic E-state index is 13.2. The molecular weight excluding hydrogens is 554 g/mol. The number of ether oxygens (including phenoxy) is 1. The van der Waals surface area contributed by atoms with Gasteiger partial charge in [0.15, 0.2) is 6.61 Å². The Morgan fingerprint density at radius 2 is 1.65 bits per heavy atom. The Bertz CT molecular complexity index is 1680. The summed E-state index contributed by atoms with van der Waals surface area (Å²) in [6.45, 7) is 3.73. The number of hydrogen-bond donors (Lipinski definition) is 2. The van der Waals surface area contributed by atoms with E-state index in [4.69, 9.17) is 22.1 Å². The van der Waals surface area contributed by atoms with Crippen molar-refractivity contribution in [3.8, 4) is 5.75 Å². The van der Waals surface area contributed by atoms with Crippen LogP contribution in [0.3, 0.4) is 0 Å². The first-order valence-corrected chi connectivity index (χ1v) is 14.3. The number of fused-ring (bicyclic) bond motifs is 1. The molecule has 0 fully saturated rings. The Morgan fingerprint density at radius 3 is 2.27 bits per heavy atom. The molecule has 208 valence electrons. The van der Waals surface area contributed by atoms with E-state index in [1.54, 1.807) is 18.2 Å². The molecule has 9 nitrogen and oxygen atoms in total. The fourth-order valence-electron chi connectivity index (χ4n) is 4.45. The van der Waals surface area contributed by atoms with Crippen LogP contribution >= 0.6 is 11.6 Å². The minimum Gasteiger partial charge on any atom is -0.483 e. The topological polar surface area (TPSA) is 138 Å². The molecule has 0 spiro atoms. The fourth-order valence-corrected chi connectivity index (χ4v) is 5.55. The second-order valence-electron chi connectivity index (χ2n) is 9.61. The third kappa shape index (κ3) is 6.35. The number of carbonyl (C=O) groups excluding carboxylic acids is 3. The highest BCUT2D eigenvalue weighted by atomic mass is 35.5. The highest BCUT2D eigenvalue weighted by Gasteiger charge is 2.29. The van der Waals surface area contributed by atoms with E-state index in [0.717, 1.165) is 5.56 Å². The number of hydrogen-bond acceptors (Lipinski definition) is 6. The number of aromatic nitrogens is 1. The Labute approximate surface area is 236 Å². The van der Waals surface area contributed by atoms with Crippen LogP contribution in [0.25, 0.3) is 10.9 Å². The van der Waals surface area contributed by atoms with Gasteiger partial charge in [-0.3, -0.25) is 14.4 Å². The predicted octanol–water partition coefficient (Wildman–Crippen LogP) is 4.09. The third-order valence-electron chi connectivity index (χ3n) is 6.13. The standard InChI is InChI=1S/C29H28ClN3O6S/c1-18(2)15-23-27(28(35)29(31)36)26-22(33(23)16-19-7-4-3-5-8-19)9-6-10-24(26)39-17-25(34)32-40(37,38)21-13-11-20(30)12-14-21/h3-14,18H,15-17H2,1-2H3,(H2,31,36)(H,32,34). The average Bonchev–Trinajstić information content (AvgIpc) is 3.20. The Balaban J connectivity index is 1.74. The molecule has 3 aromatic carbocycles. The van der Waals surface area contributed by atoms with Crippen LogP contribution in [0.1, 0.15) is 35.5 Å². The van der Waals surface area contributed by atoms with Crippen molar-refractivity contribution in [1.29, 1.82) is 0 Å². The van der Waals surface area contributed by atoms with Crippen LogP contribution in [0.5, 0.6) is 5.75 Å². The van der Waals surface area contributed by atoms with Gasteiger partial charge in [-0.05, 0) is 54.3 Å². The number of ketones is 1. The average molecular weight is 582 g/mol. The summed E-state index contributed by atoms with van der Waals surface area (Å²) >= 11 is 5.82. The minimum atomic E-state index is -4.16. The number of nitrogens with two attached hydrogens (primary N) is 1. The van der Waals surface area contributed by atoms with E-state index in [0.29, 0.717) is 34.6 Å². The van der Waals surface area contributed by atoms with E-state index in [-0.39, 0.29) is 22.1 Å². The van der Waals surface area contributed by atoms with Gasteiger partial charge in [-0.2, -0.15) is 0 Å². The van der Waals surface area contributed by atoms with Gasteiger partial charge >= 0.3 is 0 Å². The number of primary amides is 1. The predicted molar refractivity (Wildman–Crippen MR) is 152 cm³/mol. The van der Waals surface area contributed by atoms with Crippen molar-refractivity contribution in [2.45, 2.75) is 31.7 Å². The molecule has 40 heavy (non-hydrogen) atoms. The Kier molecular flexibility index (Phi) is 8.61. The van der Waals surface area contributed by atoms with Crippen LogP contribution in [-0.2, 0) is 32.6 Å². The summed E-state index contributed by atoms with van der Waals surface area (Å²) in [7, 11) is -4.16. The largest absolute Gasteiger partial charge is 0.483 e. The molecule has 0 saturated heterocycles. The molecule has 0 aliphatic carbocycles. The summed E-state index contributed by atoms with van der Waals surface area (Å²) in [5.41, 5.74) is 7.75. The number of halogens is 1. The van der Waals surface area contributed by atoms with Gasteiger partial charge < -0.3 is 15.0 Å². The summed E-state index contributed by atoms with van der Waals surface area (Å²) in [5.74, 6) is -2.66. The first kappa shape index (κ1) is 28.8. The molecule has 0 atom stereocenters. The molecule has 3 N–H and O–H groups in total. The second kappa shape index (κ2) is 11.9. The zero-order valence-electron chi connectivity index (χ0n) is 21.9. The SMILES string of the molecule is CC(C)Cc1c(C(=O)C(N)=O)c2c(OCC(=O)NS(=O)(=O)c3ccc(Cl)cc3)cccc2n1Cc1ccccc1. The molecule has 1 heterocycles. The Morgan fingerprint density at radius 1 is 0.975 bits per heavy atom. The van der Waals surface area contributed by atoms with Crippen LogP contribution in [-0.4, -0.2) is 37.2 Å². The van der Waals surface area contributed by atoms with E-state index >= 15 is 0 Å². The lowest BCUT2D eigenvalue weighted by Gasteiger charge is -2.14. The summed E-state index contributed by atoms with van der Waals surface area (Å²) in [5, 5.41) is 0.672. The first-order chi connectivity index (χ1) is 19.0. The highest BCUT2D eigenvalue weighted by Crippen LogP contribution is 2.36. The first-order valence-electron chi connectivity index (χ1n) is 12.4. The summed E-state index contributed by atoms with van der Waals surface area (Å²) < 4.78 is 34.8. The maximum Gasteiger partial charge on any atom is 0.289 e. The summed E-state index contributed by atoms with van der Waals surface area (Å²) in [6, 6.07) is 20.0. The van der Waals surface area contributed by atoms with Crippen molar-refractivity contribution in [3.05, 3.63) is 94.6 Å². The maximum atomic E-state index is 13.2. The van der Waals surface area contributed by atoms with E-state index in [1.807, 2.05) is 53.5 Å². The molecule has 2 amide bonds. The zero-order valence-corrected chi connectivity index (χ0v) is 23.5. The summed E-state index contributed by atoms with van der Waals surface area (Å²) in [6.07, 6.45) is 0.467. The fraction of sp³-hybridized carbons (Fsp3) is 0.207. The number of rotatable bonds is 11. The Hall–Kier alpha value is -4.15. The number of benzene rings is 3. The number of sulfonamides is 1. The lowest BCUT2D eigenvalue weighted by atomic mass is 9.99. The van der Waals surface area contributed by atoms with Gasteiger partial charge in [0.25, 0.3) is 27.6 Å². The van der Waals surface area contributed by atoms with Crippen molar-refractivity contribution in [2.24, 2.45) is 11.7 Å². The van der Waals surface area contributed by atoms with Crippen LogP contribution in [0.2, 0.25) is 5.02 Å². The molecule has 0 aliphatic heterocycles. The molecule has 0 saturated carbocycles. The normalized spacial score (nSPS) is 11.5. The number of carbonyl (C=O) groups is 3. The van der Waals surface area contributed by atoms with E-state index in [9.17, 15) is 22.8 Å². The van der Waals surface area contributed by atoms with Crippen molar-refractivity contribution in [2.75, 3.05) is 6.61 Å². The number of nitrogens with one attached hydrogen (secondary N) is 1. The quantitative estimate of drug-likeness (QED) is 0.202. The van der Waals surface area contributed by atoms with Gasteiger partial charge in [0.2, 0.25) is 0 Å². The van der Waals surface area contributed by atoms with Crippen LogP contribution in [0.15, 0.2) is 77.7 Å². The highest BCUT2D eigenvalue weighted by molar-refractivity contribution is 7.90. The minimum absolute atomic E-state index is 0.108. The van der Waals surface area contributed by atoms with Gasteiger partial charge in [0.05, 0.1) is 21.4 Å².